The molecule has 1 aliphatic heterocycles. The highest BCUT2D eigenvalue weighted by atomic mass is 35.5. The van der Waals surface area contributed by atoms with Crippen molar-refractivity contribution in [2.75, 3.05) is 6.54 Å². The molecule has 0 bridgehead atoms. The van der Waals surface area contributed by atoms with Crippen molar-refractivity contribution in [3.8, 4) is 6.07 Å². The SMILES string of the molecule is CC(C)CCNC(=O)/C(C#N)=C1\N=C(NC(=O)c2ccc(Cl)cc2Cl)c2ccccc21. The first kappa shape index (κ1) is 22.5. The summed E-state index contributed by atoms with van der Waals surface area (Å²) in [5.74, 6) is -0.309. The number of nitrogens with zero attached hydrogens (tertiary/aromatic N) is 2. The first-order valence-electron chi connectivity index (χ1n) is 9.69. The van der Waals surface area contributed by atoms with Crippen LogP contribution < -0.4 is 10.6 Å². The van der Waals surface area contributed by atoms with E-state index in [1.165, 1.54) is 12.1 Å². The minimum atomic E-state index is -0.495. The molecule has 0 aromatic heterocycles. The molecule has 31 heavy (non-hydrogen) atoms. The van der Waals surface area contributed by atoms with Gasteiger partial charge in [-0.25, -0.2) is 4.99 Å². The summed E-state index contributed by atoms with van der Waals surface area (Å²) in [6.45, 7) is 4.56. The highest BCUT2D eigenvalue weighted by Crippen LogP contribution is 2.31. The summed E-state index contributed by atoms with van der Waals surface area (Å²) >= 11 is 12.0. The minimum absolute atomic E-state index is 0.106. The van der Waals surface area contributed by atoms with E-state index in [1.54, 1.807) is 30.3 Å². The lowest BCUT2D eigenvalue weighted by Crippen LogP contribution is -2.30. The van der Waals surface area contributed by atoms with Crippen LogP contribution in [0, 0.1) is 17.2 Å². The molecule has 2 aromatic carbocycles. The van der Waals surface area contributed by atoms with E-state index < -0.39 is 11.8 Å². The van der Waals surface area contributed by atoms with Gasteiger partial charge in [-0.3, -0.25) is 9.59 Å². The zero-order valence-electron chi connectivity index (χ0n) is 17.0. The summed E-state index contributed by atoms with van der Waals surface area (Å²) in [7, 11) is 0. The molecule has 0 saturated heterocycles. The molecule has 2 aromatic rings. The zero-order chi connectivity index (χ0) is 22.5. The molecule has 0 unspecified atom stereocenters. The molecule has 0 atom stereocenters. The number of amidine groups is 1. The number of hydrogen-bond acceptors (Lipinski definition) is 4. The Morgan fingerprint density at radius 3 is 2.48 bits per heavy atom. The third kappa shape index (κ3) is 5.13. The van der Waals surface area contributed by atoms with E-state index in [-0.39, 0.29) is 27.7 Å². The smallest absolute Gasteiger partial charge is 0.264 e. The standard InChI is InChI=1S/C23H20Cl2N4O2/c1-13(2)9-10-27-22(30)18(12-26)20-15-5-3-4-6-16(15)21(28-20)29-23(31)17-8-7-14(24)11-19(17)25/h3-8,11,13H,9-10H2,1-2H3,(H,27,30)(H,28,29,31)/b20-18-. The van der Waals surface area contributed by atoms with Crippen LogP contribution >= 0.6 is 23.2 Å². The summed E-state index contributed by atoms with van der Waals surface area (Å²) in [6, 6.07) is 13.6. The van der Waals surface area contributed by atoms with E-state index in [9.17, 15) is 14.9 Å². The summed E-state index contributed by atoms with van der Waals surface area (Å²) in [5.41, 5.74) is 1.55. The van der Waals surface area contributed by atoms with Gasteiger partial charge in [0, 0.05) is 22.7 Å². The zero-order valence-corrected chi connectivity index (χ0v) is 18.5. The van der Waals surface area contributed by atoms with Crippen LogP contribution in [0.25, 0.3) is 5.70 Å². The number of hydrogen-bond donors (Lipinski definition) is 2. The van der Waals surface area contributed by atoms with E-state index in [0.29, 0.717) is 28.6 Å². The summed E-state index contributed by atoms with van der Waals surface area (Å²) < 4.78 is 0. The van der Waals surface area contributed by atoms with Gasteiger partial charge >= 0.3 is 0 Å². The third-order valence-electron chi connectivity index (χ3n) is 4.65. The van der Waals surface area contributed by atoms with Crippen LogP contribution in [-0.2, 0) is 4.79 Å². The molecule has 0 saturated carbocycles. The van der Waals surface area contributed by atoms with Gasteiger partial charge in [0.2, 0.25) is 0 Å². The first-order valence-corrected chi connectivity index (χ1v) is 10.4. The van der Waals surface area contributed by atoms with Crippen molar-refractivity contribution in [3.05, 3.63) is 74.8 Å². The lowest BCUT2D eigenvalue weighted by molar-refractivity contribution is -0.117. The molecule has 2 N–H and O–H groups in total. The fourth-order valence-electron chi connectivity index (χ4n) is 3.04. The monoisotopic (exact) mass is 454 g/mol. The average molecular weight is 455 g/mol. The van der Waals surface area contributed by atoms with Crippen molar-refractivity contribution in [1.82, 2.24) is 10.6 Å². The van der Waals surface area contributed by atoms with Crippen LogP contribution in [0.1, 0.15) is 41.8 Å². The van der Waals surface area contributed by atoms with Crippen molar-refractivity contribution >= 4 is 46.5 Å². The maximum absolute atomic E-state index is 12.7. The Morgan fingerprint density at radius 2 is 1.84 bits per heavy atom. The lowest BCUT2D eigenvalue weighted by atomic mass is 10.0. The normalized spacial score (nSPS) is 13.9. The first-order chi connectivity index (χ1) is 14.8. The minimum Gasteiger partial charge on any atom is -0.351 e. The molecule has 1 heterocycles. The number of aliphatic imine (C=N–C) groups is 1. The average Bonchev–Trinajstić information content (AvgIpc) is 3.06. The maximum Gasteiger partial charge on any atom is 0.264 e. The number of nitriles is 1. The molecule has 158 valence electrons. The number of carbonyl (C=O) groups excluding carboxylic acids is 2. The molecule has 0 spiro atoms. The Balaban J connectivity index is 1.94. The molecular formula is C23H20Cl2N4O2. The lowest BCUT2D eigenvalue weighted by Gasteiger charge is -2.08. The summed E-state index contributed by atoms with van der Waals surface area (Å²) in [5, 5.41) is 15.7. The predicted octanol–water partition coefficient (Wildman–Crippen LogP) is 4.58. The number of halogens is 2. The fraction of sp³-hybridized carbons (Fsp3) is 0.217. The number of rotatable bonds is 5. The molecular weight excluding hydrogens is 435 g/mol. The van der Waals surface area contributed by atoms with Crippen LogP contribution in [0.5, 0.6) is 0 Å². The molecule has 8 heteroatoms. The maximum atomic E-state index is 12.7. The van der Waals surface area contributed by atoms with Gasteiger partial charge in [-0.15, -0.1) is 0 Å². The summed E-state index contributed by atoms with van der Waals surface area (Å²) in [6.07, 6.45) is 0.794. The molecule has 3 rings (SSSR count). The number of fused-ring (bicyclic) bond motifs is 1. The highest BCUT2D eigenvalue weighted by Gasteiger charge is 2.27. The molecule has 2 amide bonds. The molecule has 0 radical (unpaired) electrons. The van der Waals surface area contributed by atoms with Crippen LogP contribution in [-0.4, -0.2) is 24.2 Å². The largest absolute Gasteiger partial charge is 0.351 e. The fourth-order valence-corrected chi connectivity index (χ4v) is 3.53. The second-order valence-corrected chi connectivity index (χ2v) is 8.20. The number of amides is 2. The quantitative estimate of drug-likeness (QED) is 0.511. The van der Waals surface area contributed by atoms with Gasteiger partial charge in [0.05, 0.1) is 16.3 Å². The van der Waals surface area contributed by atoms with E-state index in [0.717, 1.165) is 6.42 Å². The van der Waals surface area contributed by atoms with Gasteiger partial charge < -0.3 is 10.6 Å². The van der Waals surface area contributed by atoms with Crippen molar-refractivity contribution in [3.63, 3.8) is 0 Å². The second-order valence-electron chi connectivity index (χ2n) is 7.36. The topological polar surface area (TPSA) is 94.3 Å². The van der Waals surface area contributed by atoms with Crippen molar-refractivity contribution in [2.24, 2.45) is 10.9 Å². The van der Waals surface area contributed by atoms with Crippen molar-refractivity contribution in [2.45, 2.75) is 20.3 Å². The van der Waals surface area contributed by atoms with Gasteiger partial charge in [0.25, 0.3) is 11.8 Å². The van der Waals surface area contributed by atoms with E-state index >= 15 is 0 Å². The van der Waals surface area contributed by atoms with Crippen LogP contribution in [0.4, 0.5) is 0 Å². The molecule has 1 aliphatic rings. The van der Waals surface area contributed by atoms with E-state index in [4.69, 9.17) is 23.2 Å². The van der Waals surface area contributed by atoms with Crippen molar-refractivity contribution < 1.29 is 9.59 Å². The summed E-state index contributed by atoms with van der Waals surface area (Å²) in [4.78, 5) is 29.8. The van der Waals surface area contributed by atoms with Crippen molar-refractivity contribution in [1.29, 1.82) is 5.26 Å². The Hall–Kier alpha value is -3.14. The van der Waals surface area contributed by atoms with Crippen LogP contribution in [0.3, 0.4) is 0 Å². The Labute approximate surface area is 190 Å². The predicted molar refractivity (Wildman–Crippen MR) is 122 cm³/mol. The van der Waals surface area contributed by atoms with Gasteiger partial charge in [0.15, 0.2) is 0 Å². The number of carbonyl (C=O) groups is 2. The molecule has 0 aliphatic carbocycles. The van der Waals surface area contributed by atoms with E-state index in [2.05, 4.69) is 29.5 Å². The van der Waals surface area contributed by atoms with Gasteiger partial charge in [-0.05, 0) is 30.5 Å². The Morgan fingerprint density at radius 1 is 1.13 bits per heavy atom. The molecule has 6 nitrogen and oxygen atoms in total. The second kappa shape index (κ2) is 9.78. The Kier molecular flexibility index (Phi) is 7.11. The van der Waals surface area contributed by atoms with Crippen LogP contribution in [0.2, 0.25) is 10.0 Å². The number of nitrogens with one attached hydrogen (secondary N) is 2. The van der Waals surface area contributed by atoms with Gasteiger partial charge in [-0.1, -0.05) is 61.3 Å². The Bertz CT molecular complexity index is 1150. The molecule has 0 fully saturated rings. The highest BCUT2D eigenvalue weighted by molar-refractivity contribution is 6.37. The third-order valence-corrected chi connectivity index (χ3v) is 5.20. The van der Waals surface area contributed by atoms with Gasteiger partial charge in [-0.2, -0.15) is 5.26 Å². The number of benzene rings is 2. The van der Waals surface area contributed by atoms with E-state index in [1.807, 2.05) is 6.07 Å². The van der Waals surface area contributed by atoms with Crippen LogP contribution in [0.15, 0.2) is 53.0 Å². The van der Waals surface area contributed by atoms with Gasteiger partial charge in [0.1, 0.15) is 17.5 Å².